The molecule has 0 N–H and O–H groups in total. The number of rotatable bonds is 0. The van der Waals surface area contributed by atoms with Crippen LogP contribution in [0.5, 0.6) is 0 Å². The monoisotopic (exact) mass is 409 g/mol. The molecule has 0 saturated carbocycles. The van der Waals surface area contributed by atoms with Crippen LogP contribution in [0.1, 0.15) is 0 Å². The fourth-order valence-electron chi connectivity index (χ4n) is 0. The summed E-state index contributed by atoms with van der Waals surface area (Å²) in [6.07, 6.45) is 0. The molecule has 0 bridgehead atoms. The first-order valence-corrected chi connectivity index (χ1v) is 0. The van der Waals surface area contributed by atoms with Crippen LogP contribution in [0.25, 0.3) is 0 Å². The molecule has 0 saturated heterocycles. The molecule has 0 unspecified atom stereocenters. The summed E-state index contributed by atoms with van der Waals surface area (Å²) in [6.45, 7) is 0. The first-order valence-electron chi connectivity index (χ1n) is 0. The van der Waals surface area contributed by atoms with Gasteiger partial charge in [0, 0.05) is 37.2 Å². The quantitative estimate of drug-likeness (QED) is 0.414. The van der Waals surface area contributed by atoms with E-state index in [1.54, 1.807) is 0 Å². The third-order valence-corrected chi connectivity index (χ3v) is 0. The van der Waals surface area contributed by atoms with Crippen LogP contribution in [-0.2, 0) is 37.2 Å². The Morgan fingerprint density at radius 1 is 1.00 bits per heavy atom. The van der Waals surface area contributed by atoms with Gasteiger partial charge in [-0.1, -0.05) is 0 Å². The van der Waals surface area contributed by atoms with Crippen LogP contribution in [0.15, 0.2) is 0 Å². The summed E-state index contributed by atoms with van der Waals surface area (Å²) >= 11 is 0. The fourth-order valence-corrected chi connectivity index (χ4v) is 0. The molecule has 0 amide bonds. The van der Waals surface area contributed by atoms with Crippen molar-refractivity contribution in [1.29, 1.82) is 0 Å². The van der Waals surface area contributed by atoms with E-state index in [1.807, 2.05) is 0 Å². The molecule has 4 heavy (non-hydrogen) atoms. The van der Waals surface area contributed by atoms with Gasteiger partial charge < -0.3 is 0 Å². The normalized spacial score (nSPS) is 0. The second-order valence-electron chi connectivity index (χ2n) is 0. The molecule has 0 aromatic heterocycles. The van der Waals surface area contributed by atoms with E-state index in [4.69, 9.17) is 0 Å². The summed E-state index contributed by atoms with van der Waals surface area (Å²) in [5, 5.41) is 0. The molecule has 33 valence electrons. The van der Waals surface area contributed by atoms with Gasteiger partial charge in [-0.15, -0.1) is 0 Å². The van der Waals surface area contributed by atoms with E-state index in [1.165, 1.54) is 0 Å². The summed E-state index contributed by atoms with van der Waals surface area (Å²) in [5.41, 5.74) is 0. The van der Waals surface area contributed by atoms with Crippen LogP contribution in [0.2, 0.25) is 0 Å². The SMILES string of the molecule is [Cu].[GaH3].[Ir].[SeH]. The van der Waals surface area contributed by atoms with Gasteiger partial charge in [0.2, 0.25) is 0 Å². The van der Waals surface area contributed by atoms with E-state index in [9.17, 15) is 0 Å². The summed E-state index contributed by atoms with van der Waals surface area (Å²) in [6, 6.07) is 0. The maximum atomic E-state index is 0. The summed E-state index contributed by atoms with van der Waals surface area (Å²) in [7, 11) is 0. The van der Waals surface area contributed by atoms with Crippen LogP contribution >= 0.6 is 0 Å². The molecule has 0 aliphatic heterocycles. The Bertz CT molecular complexity index is 8.00. The van der Waals surface area contributed by atoms with E-state index in [0.717, 1.165) is 0 Å². The van der Waals surface area contributed by atoms with Crippen molar-refractivity contribution in [3.8, 4) is 0 Å². The van der Waals surface area contributed by atoms with Crippen molar-refractivity contribution in [3.63, 3.8) is 0 Å². The van der Waals surface area contributed by atoms with Crippen LogP contribution in [0, 0.1) is 0 Å². The van der Waals surface area contributed by atoms with Crippen molar-refractivity contribution >= 4 is 36.9 Å². The summed E-state index contributed by atoms with van der Waals surface area (Å²) < 4.78 is 0. The summed E-state index contributed by atoms with van der Waals surface area (Å²) in [4.78, 5) is 0. The van der Waals surface area contributed by atoms with Gasteiger partial charge in [-0.2, -0.15) is 0 Å². The van der Waals surface area contributed by atoms with Gasteiger partial charge >= 0.3 is 36.9 Å². The van der Waals surface area contributed by atoms with Gasteiger partial charge in [-0.05, 0) is 0 Å². The Hall–Kier alpha value is 2.32. The van der Waals surface area contributed by atoms with Gasteiger partial charge in [0.05, 0.1) is 0 Å². The third kappa shape index (κ3) is 8.85. The van der Waals surface area contributed by atoms with Crippen LogP contribution in [0.3, 0.4) is 0 Å². The molecule has 0 atom stereocenters. The Balaban J connectivity index is 0. The molecule has 0 aliphatic rings. The van der Waals surface area contributed by atoms with Crippen molar-refractivity contribution < 1.29 is 37.2 Å². The van der Waals surface area contributed by atoms with Gasteiger partial charge in [0.15, 0.2) is 0 Å². The molecule has 0 heterocycles. The molecular formula is H4CuGaIrSe. The summed E-state index contributed by atoms with van der Waals surface area (Å²) in [5.74, 6) is 0. The first-order chi connectivity index (χ1) is 0. The molecule has 0 aliphatic carbocycles. The molecule has 0 fully saturated rings. The average Bonchev–Trinajstić information content (AvgIpc) is 0. The minimum atomic E-state index is 0. The van der Waals surface area contributed by atoms with Crippen molar-refractivity contribution in [2.75, 3.05) is 0 Å². The predicted octanol–water partition coefficient (Wildman–Crippen LogP) is -1.84. The molecule has 3 radical (unpaired) electrons. The van der Waals surface area contributed by atoms with E-state index >= 15 is 0 Å². The van der Waals surface area contributed by atoms with E-state index < -0.39 is 0 Å². The van der Waals surface area contributed by atoms with Crippen molar-refractivity contribution in [1.82, 2.24) is 0 Å². The predicted molar refractivity (Wildman–Crippen MR) is 17.1 cm³/mol. The Morgan fingerprint density at radius 2 is 1.00 bits per heavy atom. The molecule has 0 nitrogen and oxygen atoms in total. The zero-order valence-electron chi connectivity index (χ0n) is 1.08. The number of hydrogen-bond acceptors (Lipinski definition) is 0. The molecular weight excluding hydrogens is 404 g/mol. The van der Waals surface area contributed by atoms with E-state index in [2.05, 4.69) is 0 Å². The topological polar surface area (TPSA) is 0 Å². The van der Waals surface area contributed by atoms with Gasteiger partial charge in [-0.25, -0.2) is 0 Å². The standard InChI is InChI=1S/Cu.Ga.Ir.HSe.3H/h;;;1H;;;. The van der Waals surface area contributed by atoms with E-state index in [0.29, 0.717) is 0 Å². The van der Waals surface area contributed by atoms with Crippen LogP contribution in [-0.4, -0.2) is 36.9 Å². The zero-order chi connectivity index (χ0) is 0. The fraction of sp³-hybridized carbons (Fsp3) is 0. The van der Waals surface area contributed by atoms with Gasteiger partial charge in [0.1, 0.15) is 0 Å². The first kappa shape index (κ1) is 33.2. The van der Waals surface area contributed by atoms with Crippen molar-refractivity contribution in [2.45, 2.75) is 0 Å². The third-order valence-electron chi connectivity index (χ3n) is 0. The number of hydrogen-bond donors (Lipinski definition) is 0. The Kier molecular flexibility index (Phi) is 153. The Morgan fingerprint density at radius 3 is 1.00 bits per heavy atom. The van der Waals surface area contributed by atoms with Gasteiger partial charge in [-0.3, -0.25) is 0 Å². The van der Waals surface area contributed by atoms with Crippen molar-refractivity contribution in [2.24, 2.45) is 0 Å². The van der Waals surface area contributed by atoms with Crippen molar-refractivity contribution in [3.05, 3.63) is 0 Å². The van der Waals surface area contributed by atoms with E-state index in [-0.39, 0.29) is 74.0 Å². The maximum absolute atomic E-state index is 0. The molecule has 0 spiro atoms. The van der Waals surface area contributed by atoms with Crippen LogP contribution < -0.4 is 0 Å². The molecule has 0 aromatic carbocycles. The minimum absolute atomic E-state index is 0. The molecule has 0 rings (SSSR count). The van der Waals surface area contributed by atoms with Crippen LogP contribution in [0.4, 0.5) is 0 Å². The second-order valence-corrected chi connectivity index (χ2v) is 0. The zero-order valence-corrected chi connectivity index (χ0v) is 6.30. The molecule has 0 aromatic rings. The molecule has 4 heteroatoms. The Labute approximate surface area is 73.2 Å². The average molecular weight is 408 g/mol. The van der Waals surface area contributed by atoms with Gasteiger partial charge in [0.25, 0.3) is 0 Å². The second kappa shape index (κ2) is 18.4.